The van der Waals surface area contributed by atoms with Gasteiger partial charge in [0.05, 0.1) is 7.11 Å². The quantitative estimate of drug-likeness (QED) is 0.685. The molecule has 3 rings (SSSR count). The molecule has 0 aliphatic heterocycles. The molecule has 0 saturated carbocycles. The lowest BCUT2D eigenvalue weighted by atomic mass is 10.0. The van der Waals surface area contributed by atoms with Gasteiger partial charge in [0, 0.05) is 30.3 Å². The van der Waals surface area contributed by atoms with Crippen molar-refractivity contribution in [2.75, 3.05) is 7.11 Å². The maximum Gasteiger partial charge on any atom is 0.212 e. The molecule has 0 radical (unpaired) electrons. The lowest BCUT2D eigenvalue weighted by Crippen LogP contribution is -1.94. The summed E-state index contributed by atoms with van der Waals surface area (Å²) in [6, 6.07) is 11.9. The first kappa shape index (κ1) is 12.9. The molecular weight excluding hydrogens is 272 g/mol. The van der Waals surface area contributed by atoms with E-state index < -0.39 is 0 Å². The van der Waals surface area contributed by atoms with Crippen molar-refractivity contribution < 1.29 is 4.74 Å². The van der Waals surface area contributed by atoms with Gasteiger partial charge >= 0.3 is 0 Å². The Morgan fingerprint density at radius 2 is 1.80 bits per heavy atom. The van der Waals surface area contributed by atoms with E-state index in [9.17, 15) is 0 Å². The molecule has 20 heavy (non-hydrogen) atoms. The van der Waals surface area contributed by atoms with Gasteiger partial charge in [-0.2, -0.15) is 0 Å². The van der Waals surface area contributed by atoms with Crippen molar-refractivity contribution in [3.8, 4) is 5.88 Å². The number of ether oxygens (including phenoxy) is 1. The molecule has 0 amide bonds. The Morgan fingerprint density at radius 1 is 1.00 bits per heavy atom. The Hall–Kier alpha value is -2.13. The summed E-state index contributed by atoms with van der Waals surface area (Å²) in [5.41, 5.74) is 2.25. The van der Waals surface area contributed by atoms with E-state index >= 15 is 0 Å². The third-order valence-corrected chi connectivity index (χ3v) is 3.53. The van der Waals surface area contributed by atoms with Crippen molar-refractivity contribution >= 4 is 22.4 Å². The fourth-order valence-electron chi connectivity index (χ4n) is 2.21. The zero-order valence-electron chi connectivity index (χ0n) is 11.0. The van der Waals surface area contributed by atoms with Crippen molar-refractivity contribution in [3.63, 3.8) is 0 Å². The van der Waals surface area contributed by atoms with Crippen LogP contribution in [0.15, 0.2) is 48.8 Å². The largest absolute Gasteiger partial charge is 0.481 e. The molecule has 100 valence electrons. The molecule has 3 nitrogen and oxygen atoms in total. The van der Waals surface area contributed by atoms with Gasteiger partial charge < -0.3 is 4.74 Å². The van der Waals surface area contributed by atoms with Crippen LogP contribution in [0.25, 0.3) is 10.8 Å². The van der Waals surface area contributed by atoms with Gasteiger partial charge in [-0.1, -0.05) is 41.9 Å². The summed E-state index contributed by atoms with van der Waals surface area (Å²) in [5, 5.41) is 2.65. The summed E-state index contributed by atoms with van der Waals surface area (Å²) in [7, 11) is 1.61. The Kier molecular flexibility index (Phi) is 3.52. The van der Waals surface area contributed by atoms with Crippen LogP contribution in [0.2, 0.25) is 5.15 Å². The Morgan fingerprint density at radius 3 is 2.50 bits per heavy atom. The number of benzene rings is 1. The van der Waals surface area contributed by atoms with Crippen LogP contribution in [0.1, 0.15) is 11.1 Å². The van der Waals surface area contributed by atoms with E-state index in [1.165, 1.54) is 0 Å². The molecule has 0 unspecified atom stereocenters. The maximum absolute atomic E-state index is 6.13. The number of methoxy groups -OCH3 is 1. The molecule has 1 aromatic carbocycles. The summed E-state index contributed by atoms with van der Waals surface area (Å²) in [6.07, 6.45) is 4.42. The third kappa shape index (κ3) is 2.45. The van der Waals surface area contributed by atoms with Crippen LogP contribution in [-0.2, 0) is 6.42 Å². The number of hydrogen-bond acceptors (Lipinski definition) is 3. The maximum atomic E-state index is 6.13. The molecular formula is C16H13ClN2O. The molecule has 0 saturated heterocycles. The fraction of sp³-hybridized carbons (Fsp3) is 0.125. The Bertz CT molecular complexity index is 741. The molecule has 0 aliphatic carbocycles. The standard InChI is InChI=1S/C16H13ClN2O/c1-20-15-7-6-11(9-18-15)8-12-10-19-16(17)14-5-3-2-4-13(12)14/h2-7,9-10H,8H2,1H3. The van der Waals surface area contributed by atoms with Crippen molar-refractivity contribution in [2.24, 2.45) is 0 Å². The van der Waals surface area contributed by atoms with Gasteiger partial charge in [-0.05, 0) is 16.5 Å². The van der Waals surface area contributed by atoms with Gasteiger partial charge in [0.15, 0.2) is 0 Å². The van der Waals surface area contributed by atoms with E-state index in [0.29, 0.717) is 11.0 Å². The highest BCUT2D eigenvalue weighted by molar-refractivity contribution is 6.34. The minimum absolute atomic E-state index is 0.539. The topological polar surface area (TPSA) is 35.0 Å². The zero-order valence-corrected chi connectivity index (χ0v) is 11.8. The smallest absolute Gasteiger partial charge is 0.212 e. The highest BCUT2D eigenvalue weighted by atomic mass is 35.5. The van der Waals surface area contributed by atoms with E-state index in [0.717, 1.165) is 28.3 Å². The number of pyridine rings is 2. The van der Waals surface area contributed by atoms with Crippen LogP contribution in [0.3, 0.4) is 0 Å². The second-order valence-corrected chi connectivity index (χ2v) is 4.86. The molecule has 0 spiro atoms. The molecule has 4 heteroatoms. The van der Waals surface area contributed by atoms with Gasteiger partial charge in [0.2, 0.25) is 5.88 Å². The highest BCUT2D eigenvalue weighted by Crippen LogP contribution is 2.25. The lowest BCUT2D eigenvalue weighted by Gasteiger charge is -2.07. The molecule has 0 aliphatic rings. The molecule has 0 fully saturated rings. The zero-order chi connectivity index (χ0) is 13.9. The van der Waals surface area contributed by atoms with Crippen LogP contribution < -0.4 is 4.74 Å². The summed E-state index contributed by atoms with van der Waals surface area (Å²) >= 11 is 6.13. The summed E-state index contributed by atoms with van der Waals surface area (Å²) in [4.78, 5) is 8.48. The van der Waals surface area contributed by atoms with Crippen molar-refractivity contribution in [2.45, 2.75) is 6.42 Å². The monoisotopic (exact) mass is 284 g/mol. The van der Waals surface area contributed by atoms with Crippen molar-refractivity contribution in [1.82, 2.24) is 9.97 Å². The molecule has 3 aromatic rings. The molecule has 2 heterocycles. The van der Waals surface area contributed by atoms with E-state index in [1.54, 1.807) is 7.11 Å². The predicted molar refractivity (Wildman–Crippen MR) is 80.3 cm³/mol. The number of rotatable bonds is 3. The fourth-order valence-corrected chi connectivity index (χ4v) is 2.43. The van der Waals surface area contributed by atoms with Gasteiger partial charge in [-0.3, -0.25) is 0 Å². The Balaban J connectivity index is 2.00. The summed E-state index contributed by atoms with van der Waals surface area (Å²) in [5.74, 6) is 0.618. The molecule has 0 atom stereocenters. The van der Waals surface area contributed by atoms with E-state index in [-0.39, 0.29) is 0 Å². The Labute approximate surface area is 122 Å². The number of fused-ring (bicyclic) bond motifs is 1. The van der Waals surface area contributed by atoms with Crippen LogP contribution in [-0.4, -0.2) is 17.1 Å². The first-order valence-corrected chi connectivity index (χ1v) is 6.67. The van der Waals surface area contributed by atoms with Crippen LogP contribution in [0.5, 0.6) is 5.88 Å². The second kappa shape index (κ2) is 5.47. The lowest BCUT2D eigenvalue weighted by molar-refractivity contribution is 0.397. The highest BCUT2D eigenvalue weighted by Gasteiger charge is 2.06. The van der Waals surface area contributed by atoms with E-state index in [2.05, 4.69) is 16.0 Å². The van der Waals surface area contributed by atoms with Crippen LogP contribution in [0, 0.1) is 0 Å². The summed E-state index contributed by atoms with van der Waals surface area (Å²) < 4.78 is 5.06. The van der Waals surface area contributed by atoms with Crippen molar-refractivity contribution in [1.29, 1.82) is 0 Å². The van der Waals surface area contributed by atoms with Gasteiger partial charge in [0.25, 0.3) is 0 Å². The first-order valence-electron chi connectivity index (χ1n) is 6.29. The van der Waals surface area contributed by atoms with Crippen LogP contribution in [0.4, 0.5) is 0 Å². The van der Waals surface area contributed by atoms with E-state index in [4.69, 9.17) is 16.3 Å². The average Bonchev–Trinajstić information content (AvgIpc) is 2.51. The second-order valence-electron chi connectivity index (χ2n) is 4.51. The molecule has 2 aromatic heterocycles. The number of hydrogen-bond donors (Lipinski definition) is 0. The minimum atomic E-state index is 0.539. The molecule has 0 N–H and O–H groups in total. The average molecular weight is 285 g/mol. The number of aromatic nitrogens is 2. The van der Waals surface area contributed by atoms with Gasteiger partial charge in [0.1, 0.15) is 5.15 Å². The van der Waals surface area contributed by atoms with Crippen molar-refractivity contribution in [3.05, 3.63) is 65.1 Å². The summed E-state index contributed by atoms with van der Waals surface area (Å²) in [6.45, 7) is 0. The number of nitrogens with zero attached hydrogens (tertiary/aromatic N) is 2. The number of halogens is 1. The predicted octanol–water partition coefficient (Wildman–Crippen LogP) is 3.88. The van der Waals surface area contributed by atoms with Gasteiger partial charge in [-0.15, -0.1) is 0 Å². The SMILES string of the molecule is COc1ccc(Cc2cnc(Cl)c3ccccc23)cn1. The van der Waals surface area contributed by atoms with E-state index in [1.807, 2.05) is 42.7 Å². The van der Waals surface area contributed by atoms with Crippen LogP contribution >= 0.6 is 11.6 Å². The third-order valence-electron chi connectivity index (χ3n) is 3.23. The van der Waals surface area contributed by atoms with Gasteiger partial charge in [-0.25, -0.2) is 9.97 Å². The first-order chi connectivity index (χ1) is 9.78. The normalized spacial score (nSPS) is 10.7. The minimum Gasteiger partial charge on any atom is -0.481 e. The molecule has 0 bridgehead atoms.